The van der Waals surface area contributed by atoms with Crippen LogP contribution in [0.4, 0.5) is 5.69 Å². The van der Waals surface area contributed by atoms with Crippen molar-refractivity contribution >= 4 is 34.4 Å². The number of hydrogen-bond acceptors (Lipinski definition) is 7. The molecule has 0 bridgehead atoms. The van der Waals surface area contributed by atoms with Gasteiger partial charge < -0.3 is 14.6 Å². The Balaban J connectivity index is 1.96. The number of carbonyl (C=O) groups excluding carboxylic acids is 3. The fourth-order valence-electron chi connectivity index (χ4n) is 3.28. The highest BCUT2D eigenvalue weighted by Crippen LogP contribution is 2.33. The predicted molar refractivity (Wildman–Crippen MR) is 113 cm³/mol. The Morgan fingerprint density at radius 3 is 2.23 bits per heavy atom. The molecular formula is C23H17N3O5. The van der Waals surface area contributed by atoms with Crippen molar-refractivity contribution in [2.24, 2.45) is 0 Å². The van der Waals surface area contributed by atoms with E-state index in [4.69, 9.17) is 9.26 Å². The number of ketones is 1. The Hall–Kier alpha value is -4.33. The van der Waals surface area contributed by atoms with Crippen molar-refractivity contribution in [3.63, 3.8) is 0 Å². The number of methoxy groups -OCH3 is 1. The van der Waals surface area contributed by atoms with Crippen LogP contribution >= 0.6 is 0 Å². The molecule has 4 rings (SSSR count). The van der Waals surface area contributed by atoms with Crippen molar-refractivity contribution in [3.05, 3.63) is 77.5 Å². The number of hydrogen-bond donors (Lipinski definition) is 1. The van der Waals surface area contributed by atoms with Crippen molar-refractivity contribution in [3.8, 4) is 11.3 Å². The summed E-state index contributed by atoms with van der Waals surface area (Å²) in [5.74, 6) is -2.64. The maximum absolute atomic E-state index is 13.4. The molecule has 2 aromatic carbocycles. The van der Waals surface area contributed by atoms with Crippen LogP contribution in [0, 0.1) is 6.92 Å². The zero-order chi connectivity index (χ0) is 22.0. The predicted octanol–water partition coefficient (Wildman–Crippen LogP) is 3.81. The van der Waals surface area contributed by atoms with Gasteiger partial charge >= 0.3 is 5.97 Å². The van der Waals surface area contributed by atoms with Gasteiger partial charge in [0.15, 0.2) is 0 Å². The number of Topliss-reactive ketones (excluding diaryl/α,β-unsaturated/α-hetero) is 1. The Morgan fingerprint density at radius 1 is 0.935 bits per heavy atom. The van der Waals surface area contributed by atoms with Gasteiger partial charge in [0, 0.05) is 11.3 Å². The molecule has 0 saturated heterocycles. The molecule has 0 aliphatic carbocycles. The molecule has 0 radical (unpaired) electrons. The molecule has 31 heavy (non-hydrogen) atoms. The van der Waals surface area contributed by atoms with Gasteiger partial charge in [0.25, 0.3) is 17.4 Å². The second-order valence-corrected chi connectivity index (χ2v) is 6.67. The molecule has 0 unspecified atom stereocenters. The van der Waals surface area contributed by atoms with Crippen molar-refractivity contribution < 1.29 is 23.6 Å². The smallest absolute Gasteiger partial charge is 0.339 e. The Morgan fingerprint density at radius 2 is 1.58 bits per heavy atom. The summed E-state index contributed by atoms with van der Waals surface area (Å²) in [4.78, 5) is 43.4. The van der Waals surface area contributed by atoms with E-state index >= 15 is 0 Å². The molecule has 154 valence electrons. The van der Waals surface area contributed by atoms with Gasteiger partial charge in [0.1, 0.15) is 0 Å². The zero-order valence-electron chi connectivity index (χ0n) is 16.7. The first-order chi connectivity index (χ1) is 15.0. The molecular weight excluding hydrogens is 398 g/mol. The second-order valence-electron chi connectivity index (χ2n) is 6.67. The summed E-state index contributed by atoms with van der Waals surface area (Å²) in [6.07, 6.45) is 0. The maximum Gasteiger partial charge on any atom is 0.339 e. The topological polar surface area (TPSA) is 111 Å². The summed E-state index contributed by atoms with van der Waals surface area (Å²) in [6, 6.07) is 17.3. The van der Waals surface area contributed by atoms with E-state index in [-0.39, 0.29) is 27.9 Å². The Bertz CT molecular complexity index is 1300. The largest absolute Gasteiger partial charge is 0.465 e. The average molecular weight is 415 g/mol. The lowest BCUT2D eigenvalue weighted by Gasteiger charge is -2.13. The number of pyridine rings is 1. The fraction of sp³-hybridized carbons (Fsp3) is 0.0870. The van der Waals surface area contributed by atoms with Crippen LogP contribution in [0.1, 0.15) is 26.4 Å². The molecule has 8 nitrogen and oxygen atoms in total. The number of esters is 1. The number of para-hydroxylation sites is 1. The lowest BCUT2D eigenvalue weighted by atomic mass is 9.94. The van der Waals surface area contributed by atoms with Crippen LogP contribution in [0.2, 0.25) is 0 Å². The SMILES string of the molecule is COC(=O)c1c(C(=O)C(=O)Nc2ccccc2)c(-c2ccccc2)nc2onc(C)c12. The van der Waals surface area contributed by atoms with Gasteiger partial charge in [0.2, 0.25) is 0 Å². The number of nitrogens with one attached hydrogen (secondary N) is 1. The van der Waals surface area contributed by atoms with Gasteiger partial charge in [-0.1, -0.05) is 53.7 Å². The molecule has 1 amide bonds. The highest BCUT2D eigenvalue weighted by Gasteiger charge is 2.32. The molecule has 2 aromatic heterocycles. The third-order valence-corrected chi connectivity index (χ3v) is 4.70. The number of rotatable bonds is 5. The minimum absolute atomic E-state index is 0.0665. The third kappa shape index (κ3) is 3.66. The second kappa shape index (κ2) is 8.19. The van der Waals surface area contributed by atoms with Crippen molar-refractivity contribution in [1.29, 1.82) is 0 Å². The standard InChI is InChI=1S/C23H17N3O5/c1-13-16-17(23(29)30-2)18(20(27)21(28)24-15-11-7-4-8-12-15)19(25-22(16)31-26-13)14-9-5-3-6-10-14/h3-12H,1-2H3,(H,24,28). The number of aromatic nitrogens is 2. The summed E-state index contributed by atoms with van der Waals surface area (Å²) in [6.45, 7) is 1.61. The van der Waals surface area contributed by atoms with E-state index in [0.717, 1.165) is 0 Å². The van der Waals surface area contributed by atoms with Crippen LogP contribution in [0.3, 0.4) is 0 Å². The van der Waals surface area contributed by atoms with Crippen LogP contribution in [0.5, 0.6) is 0 Å². The first-order valence-corrected chi connectivity index (χ1v) is 9.35. The minimum atomic E-state index is -0.932. The molecule has 2 heterocycles. The number of ether oxygens (including phenoxy) is 1. The first-order valence-electron chi connectivity index (χ1n) is 9.35. The van der Waals surface area contributed by atoms with Gasteiger partial charge in [0.05, 0.1) is 35.0 Å². The van der Waals surface area contributed by atoms with E-state index < -0.39 is 17.7 Å². The number of fused-ring (bicyclic) bond motifs is 1. The monoisotopic (exact) mass is 415 g/mol. The Kier molecular flexibility index (Phi) is 5.28. The molecule has 0 spiro atoms. The molecule has 0 aliphatic rings. The van der Waals surface area contributed by atoms with E-state index in [0.29, 0.717) is 16.9 Å². The van der Waals surface area contributed by atoms with Gasteiger partial charge in [-0.15, -0.1) is 0 Å². The fourth-order valence-corrected chi connectivity index (χ4v) is 3.28. The Labute approximate surface area is 176 Å². The molecule has 0 fully saturated rings. The summed E-state index contributed by atoms with van der Waals surface area (Å²) in [7, 11) is 1.19. The number of nitrogens with zero attached hydrogens (tertiary/aromatic N) is 2. The summed E-state index contributed by atoms with van der Waals surface area (Å²) < 4.78 is 10.2. The molecule has 0 atom stereocenters. The first kappa shape index (κ1) is 20.0. The van der Waals surface area contributed by atoms with E-state index in [1.807, 2.05) is 0 Å². The quantitative estimate of drug-likeness (QED) is 0.300. The molecule has 1 N–H and O–H groups in total. The van der Waals surface area contributed by atoms with Gasteiger partial charge in [-0.25, -0.2) is 9.78 Å². The highest BCUT2D eigenvalue weighted by molar-refractivity contribution is 6.49. The summed E-state index contributed by atoms with van der Waals surface area (Å²) in [5, 5.41) is 6.64. The third-order valence-electron chi connectivity index (χ3n) is 4.70. The number of anilines is 1. The van der Waals surface area contributed by atoms with Gasteiger partial charge in [-0.3, -0.25) is 9.59 Å². The van der Waals surface area contributed by atoms with Crippen molar-refractivity contribution in [2.75, 3.05) is 12.4 Å². The van der Waals surface area contributed by atoms with Gasteiger partial charge in [-0.05, 0) is 19.1 Å². The highest BCUT2D eigenvalue weighted by atomic mass is 16.5. The van der Waals surface area contributed by atoms with E-state index in [9.17, 15) is 14.4 Å². The van der Waals surface area contributed by atoms with Crippen LogP contribution < -0.4 is 5.32 Å². The normalized spacial score (nSPS) is 10.6. The molecule has 0 aliphatic heterocycles. The lowest BCUT2D eigenvalue weighted by Crippen LogP contribution is -2.26. The van der Waals surface area contributed by atoms with Crippen molar-refractivity contribution in [1.82, 2.24) is 10.1 Å². The number of benzene rings is 2. The average Bonchev–Trinajstić information content (AvgIpc) is 3.18. The lowest BCUT2D eigenvalue weighted by molar-refractivity contribution is -0.112. The zero-order valence-corrected chi connectivity index (χ0v) is 16.7. The van der Waals surface area contributed by atoms with Gasteiger partial charge in [-0.2, -0.15) is 0 Å². The minimum Gasteiger partial charge on any atom is -0.465 e. The number of aryl methyl sites for hydroxylation is 1. The molecule has 4 aromatic rings. The van der Waals surface area contributed by atoms with E-state index in [1.165, 1.54) is 7.11 Å². The van der Waals surface area contributed by atoms with Crippen molar-refractivity contribution in [2.45, 2.75) is 6.92 Å². The number of amides is 1. The van der Waals surface area contributed by atoms with Crippen LogP contribution in [-0.2, 0) is 9.53 Å². The van der Waals surface area contributed by atoms with Crippen LogP contribution in [0.25, 0.3) is 22.4 Å². The van der Waals surface area contributed by atoms with E-state index in [1.54, 1.807) is 67.6 Å². The maximum atomic E-state index is 13.4. The summed E-state index contributed by atoms with van der Waals surface area (Å²) in [5.41, 5.74) is 1.22. The number of carbonyl (C=O) groups is 3. The van der Waals surface area contributed by atoms with Crippen LogP contribution in [-0.4, -0.2) is 34.9 Å². The molecule has 8 heteroatoms. The van der Waals surface area contributed by atoms with Crippen LogP contribution in [0.15, 0.2) is 65.2 Å². The summed E-state index contributed by atoms with van der Waals surface area (Å²) >= 11 is 0. The molecule has 0 saturated carbocycles. The van der Waals surface area contributed by atoms with E-state index in [2.05, 4.69) is 15.5 Å².